The molecule has 1 aliphatic heterocycles. The van der Waals surface area contributed by atoms with Crippen LogP contribution >= 0.6 is 11.8 Å². The number of aryl methyl sites for hydroxylation is 1. The highest BCUT2D eigenvalue weighted by molar-refractivity contribution is 7.99. The number of hydrogen-bond donors (Lipinski definition) is 2. The van der Waals surface area contributed by atoms with Crippen molar-refractivity contribution in [2.24, 2.45) is 18.7 Å². The molecular weight excluding hydrogens is 486 g/mol. The molecule has 0 bridgehead atoms. The quantitative estimate of drug-likeness (QED) is 0.331. The van der Waals surface area contributed by atoms with Gasteiger partial charge in [0.15, 0.2) is 6.29 Å². The highest BCUT2D eigenvalue weighted by atomic mass is 32.2. The summed E-state index contributed by atoms with van der Waals surface area (Å²) in [6.45, 7) is 2.67. The molecule has 0 radical (unpaired) electrons. The first-order valence-electron chi connectivity index (χ1n) is 12.3. The van der Waals surface area contributed by atoms with Crippen LogP contribution in [0.15, 0.2) is 78.0 Å². The average Bonchev–Trinajstić information content (AvgIpc) is 3.37. The van der Waals surface area contributed by atoms with E-state index in [-0.39, 0.29) is 24.7 Å². The number of benzene rings is 3. The van der Waals surface area contributed by atoms with Crippen LogP contribution in [-0.2, 0) is 29.7 Å². The molecule has 0 saturated carbocycles. The number of thioether (sulfide) groups is 1. The summed E-state index contributed by atoms with van der Waals surface area (Å²) >= 11 is 1.57. The number of nitrogens with zero attached hydrogens (tertiary/aromatic N) is 4. The standard InChI is InChI=1S/C28H31N5O3S/c1-18-25(17-37-28-30-31-32-33(28)2)35-27(36-26(18)22-8-6-19(16-34)7-9-22)23-12-10-21(11-13-23)24-5-3-4-20(14-24)15-29/h3-14,18,25-27,34H,15-17,29H2,1-2H3. The van der Waals surface area contributed by atoms with E-state index in [0.29, 0.717) is 12.3 Å². The molecule has 3 N–H and O–H groups in total. The predicted molar refractivity (Wildman–Crippen MR) is 142 cm³/mol. The first-order valence-corrected chi connectivity index (χ1v) is 13.3. The number of tetrazole rings is 1. The van der Waals surface area contributed by atoms with Crippen LogP contribution in [0.2, 0.25) is 0 Å². The zero-order valence-corrected chi connectivity index (χ0v) is 21.7. The largest absolute Gasteiger partial charge is 0.392 e. The average molecular weight is 518 g/mol. The van der Waals surface area contributed by atoms with Crippen LogP contribution in [0.25, 0.3) is 11.1 Å². The molecule has 1 aromatic heterocycles. The Balaban J connectivity index is 1.40. The lowest BCUT2D eigenvalue weighted by atomic mass is 9.91. The first kappa shape index (κ1) is 25.6. The molecule has 3 aromatic carbocycles. The van der Waals surface area contributed by atoms with Gasteiger partial charge in [0.25, 0.3) is 0 Å². The molecule has 4 unspecified atom stereocenters. The number of aliphatic hydroxyl groups is 1. The molecule has 1 saturated heterocycles. The Labute approximate surface area is 220 Å². The summed E-state index contributed by atoms with van der Waals surface area (Å²) in [6.07, 6.45) is -0.786. The van der Waals surface area contributed by atoms with Gasteiger partial charge in [-0.3, -0.25) is 0 Å². The Hall–Kier alpha value is -3.08. The highest BCUT2D eigenvalue weighted by Gasteiger charge is 2.38. The van der Waals surface area contributed by atoms with Crippen molar-refractivity contribution < 1.29 is 14.6 Å². The maximum Gasteiger partial charge on any atom is 0.209 e. The van der Waals surface area contributed by atoms with Crippen molar-refractivity contribution in [2.45, 2.75) is 43.7 Å². The van der Waals surface area contributed by atoms with Crippen molar-refractivity contribution in [3.05, 3.63) is 95.1 Å². The number of hydrogen-bond acceptors (Lipinski definition) is 8. The topological polar surface area (TPSA) is 108 Å². The van der Waals surface area contributed by atoms with Crippen LogP contribution in [0.3, 0.4) is 0 Å². The van der Waals surface area contributed by atoms with E-state index in [1.165, 1.54) is 0 Å². The van der Waals surface area contributed by atoms with Crippen LogP contribution in [0.4, 0.5) is 0 Å². The van der Waals surface area contributed by atoms with Crippen molar-refractivity contribution >= 4 is 11.8 Å². The molecule has 1 aliphatic rings. The van der Waals surface area contributed by atoms with E-state index in [1.54, 1.807) is 16.4 Å². The second kappa shape index (κ2) is 11.5. The number of ether oxygens (including phenoxy) is 2. The zero-order chi connectivity index (χ0) is 25.8. The van der Waals surface area contributed by atoms with Gasteiger partial charge in [-0.05, 0) is 44.3 Å². The Morgan fingerprint density at radius 1 is 0.946 bits per heavy atom. The van der Waals surface area contributed by atoms with E-state index >= 15 is 0 Å². The molecule has 4 atom stereocenters. The van der Waals surface area contributed by atoms with Crippen molar-refractivity contribution in [2.75, 3.05) is 5.75 Å². The molecule has 192 valence electrons. The fraction of sp³-hybridized carbons (Fsp3) is 0.321. The van der Waals surface area contributed by atoms with E-state index in [1.807, 2.05) is 43.4 Å². The van der Waals surface area contributed by atoms with Gasteiger partial charge in [-0.2, -0.15) is 0 Å². The summed E-state index contributed by atoms with van der Waals surface area (Å²) < 4.78 is 14.7. The summed E-state index contributed by atoms with van der Waals surface area (Å²) in [6, 6.07) is 24.5. The van der Waals surface area contributed by atoms with Gasteiger partial charge in [-0.1, -0.05) is 85.4 Å². The summed E-state index contributed by atoms with van der Waals surface area (Å²) in [7, 11) is 1.83. The molecule has 0 spiro atoms. The Morgan fingerprint density at radius 2 is 1.70 bits per heavy atom. The van der Waals surface area contributed by atoms with Gasteiger partial charge in [-0.15, -0.1) is 5.10 Å². The lowest BCUT2D eigenvalue weighted by Crippen LogP contribution is -2.38. The van der Waals surface area contributed by atoms with Crippen LogP contribution in [0, 0.1) is 5.92 Å². The van der Waals surface area contributed by atoms with Gasteiger partial charge in [-0.25, -0.2) is 4.68 Å². The van der Waals surface area contributed by atoms with Crippen molar-refractivity contribution in [1.82, 2.24) is 20.2 Å². The van der Waals surface area contributed by atoms with Gasteiger partial charge in [0.2, 0.25) is 5.16 Å². The summed E-state index contributed by atoms with van der Waals surface area (Å²) in [5.74, 6) is 0.771. The van der Waals surface area contributed by atoms with Crippen LogP contribution < -0.4 is 5.73 Å². The van der Waals surface area contributed by atoms with Gasteiger partial charge in [0.1, 0.15) is 0 Å². The number of aromatic nitrogens is 4. The molecule has 2 heterocycles. The lowest BCUT2D eigenvalue weighted by molar-refractivity contribution is -0.268. The number of rotatable bonds is 8. The number of nitrogens with two attached hydrogens (primary N) is 1. The van der Waals surface area contributed by atoms with Gasteiger partial charge in [0, 0.05) is 30.8 Å². The van der Waals surface area contributed by atoms with E-state index in [4.69, 9.17) is 15.2 Å². The third kappa shape index (κ3) is 5.76. The third-order valence-electron chi connectivity index (χ3n) is 6.76. The van der Waals surface area contributed by atoms with Crippen LogP contribution in [-0.4, -0.2) is 37.2 Å². The second-order valence-corrected chi connectivity index (χ2v) is 10.2. The summed E-state index contributed by atoms with van der Waals surface area (Å²) in [5.41, 5.74) is 12.1. The molecule has 9 heteroatoms. The molecule has 0 amide bonds. The Bertz CT molecular complexity index is 1310. The number of aliphatic hydroxyl groups excluding tert-OH is 1. The fourth-order valence-corrected chi connectivity index (χ4v) is 5.53. The van der Waals surface area contributed by atoms with Crippen LogP contribution in [0.5, 0.6) is 0 Å². The minimum Gasteiger partial charge on any atom is -0.392 e. The van der Waals surface area contributed by atoms with Crippen molar-refractivity contribution in [3.63, 3.8) is 0 Å². The van der Waals surface area contributed by atoms with E-state index < -0.39 is 6.29 Å². The highest BCUT2D eigenvalue weighted by Crippen LogP contribution is 2.43. The van der Waals surface area contributed by atoms with E-state index in [0.717, 1.165) is 38.5 Å². The van der Waals surface area contributed by atoms with E-state index in [9.17, 15) is 5.11 Å². The third-order valence-corrected chi connectivity index (χ3v) is 7.86. The van der Waals surface area contributed by atoms with Crippen molar-refractivity contribution in [1.29, 1.82) is 0 Å². The van der Waals surface area contributed by atoms with Crippen molar-refractivity contribution in [3.8, 4) is 11.1 Å². The molecule has 4 aromatic rings. The lowest BCUT2D eigenvalue weighted by Gasteiger charge is -2.41. The molecule has 1 fully saturated rings. The maximum atomic E-state index is 9.46. The van der Waals surface area contributed by atoms with Crippen LogP contribution in [0.1, 0.15) is 41.6 Å². The molecular formula is C28H31N5O3S. The minimum absolute atomic E-state index is 0.0125. The molecule has 5 rings (SSSR count). The molecule has 0 aliphatic carbocycles. The smallest absolute Gasteiger partial charge is 0.209 e. The molecule has 37 heavy (non-hydrogen) atoms. The Morgan fingerprint density at radius 3 is 2.38 bits per heavy atom. The Kier molecular flexibility index (Phi) is 7.97. The molecule has 8 nitrogen and oxygen atoms in total. The predicted octanol–water partition coefficient (Wildman–Crippen LogP) is 4.41. The monoisotopic (exact) mass is 517 g/mol. The first-order chi connectivity index (χ1) is 18.1. The summed E-state index contributed by atoms with van der Waals surface area (Å²) in [5, 5.41) is 22.0. The SMILES string of the molecule is CC1C(CSc2nnnn2C)OC(c2ccc(-c3cccc(CN)c3)cc2)OC1c1ccc(CO)cc1. The zero-order valence-electron chi connectivity index (χ0n) is 20.9. The fourth-order valence-electron chi connectivity index (χ4n) is 4.52. The second-order valence-electron chi connectivity index (χ2n) is 9.24. The van der Waals surface area contributed by atoms with Gasteiger partial charge < -0.3 is 20.3 Å². The summed E-state index contributed by atoms with van der Waals surface area (Å²) in [4.78, 5) is 0. The maximum absolute atomic E-state index is 9.46. The van der Waals surface area contributed by atoms with Gasteiger partial charge in [0.05, 0.1) is 18.8 Å². The minimum atomic E-state index is -0.522. The van der Waals surface area contributed by atoms with E-state index in [2.05, 4.69) is 58.8 Å². The van der Waals surface area contributed by atoms with Gasteiger partial charge >= 0.3 is 0 Å². The normalized spacial score (nSPS) is 21.7.